The largest absolute Gasteiger partial charge is 0.337 e. The number of carbonyl (C=O) groups excluding carboxylic acids is 1. The van der Waals surface area contributed by atoms with Crippen molar-refractivity contribution in [3.8, 4) is 0 Å². The van der Waals surface area contributed by atoms with Crippen LogP contribution in [-0.2, 0) is 11.2 Å². The molecule has 4 nitrogen and oxygen atoms in total. The Morgan fingerprint density at radius 3 is 2.68 bits per heavy atom. The normalized spacial score (nSPS) is 20.9. The van der Waals surface area contributed by atoms with E-state index in [1.165, 1.54) is 32.4 Å². The molecular formula is C19H29Cl2N3O. The summed E-state index contributed by atoms with van der Waals surface area (Å²) in [5.74, 6) is 0.203. The summed E-state index contributed by atoms with van der Waals surface area (Å²) in [5.41, 5.74) is 0.929. The van der Waals surface area contributed by atoms with E-state index >= 15 is 0 Å². The van der Waals surface area contributed by atoms with Crippen LogP contribution in [0.2, 0.25) is 5.02 Å². The average molecular weight is 386 g/mol. The zero-order valence-corrected chi connectivity index (χ0v) is 16.3. The molecule has 140 valence electrons. The van der Waals surface area contributed by atoms with Crippen molar-refractivity contribution >= 4 is 29.9 Å². The van der Waals surface area contributed by atoms with Crippen LogP contribution in [0.4, 0.5) is 0 Å². The molecule has 2 saturated heterocycles. The standard InChI is InChI=1S/C19H28ClN3O.ClH/c20-18-7-3-2-6-16(18)14-19(24)23(17-8-9-21-15-17)13-12-22-10-4-1-5-11-22;/h2-3,6-7,17,21H,1,4-5,8-15H2;1H. The van der Waals surface area contributed by atoms with Crippen LogP contribution >= 0.6 is 24.0 Å². The number of likely N-dealkylation sites (tertiary alicyclic amines) is 1. The van der Waals surface area contributed by atoms with Gasteiger partial charge in [-0.05, 0) is 50.5 Å². The molecule has 1 atom stereocenters. The number of rotatable bonds is 6. The Hall–Kier alpha value is -0.810. The fourth-order valence-electron chi connectivity index (χ4n) is 3.75. The molecule has 2 aliphatic heterocycles. The van der Waals surface area contributed by atoms with Gasteiger partial charge >= 0.3 is 0 Å². The summed E-state index contributed by atoms with van der Waals surface area (Å²) in [6.45, 7) is 6.09. The SMILES string of the molecule is Cl.O=C(Cc1ccccc1Cl)N(CCN1CCCCC1)C1CCNC1. The van der Waals surface area contributed by atoms with Crippen molar-refractivity contribution in [3.63, 3.8) is 0 Å². The molecule has 0 radical (unpaired) electrons. The highest BCUT2D eigenvalue weighted by atomic mass is 35.5. The highest BCUT2D eigenvalue weighted by Crippen LogP contribution is 2.18. The van der Waals surface area contributed by atoms with E-state index < -0.39 is 0 Å². The van der Waals surface area contributed by atoms with Gasteiger partial charge in [0.05, 0.1) is 6.42 Å². The van der Waals surface area contributed by atoms with E-state index in [-0.39, 0.29) is 18.3 Å². The zero-order chi connectivity index (χ0) is 16.8. The van der Waals surface area contributed by atoms with Crippen LogP contribution in [0.25, 0.3) is 0 Å². The van der Waals surface area contributed by atoms with Gasteiger partial charge in [-0.1, -0.05) is 36.2 Å². The monoisotopic (exact) mass is 385 g/mol. The van der Waals surface area contributed by atoms with E-state index in [1.807, 2.05) is 24.3 Å². The molecule has 1 aromatic rings. The fourth-order valence-corrected chi connectivity index (χ4v) is 3.96. The number of halogens is 2. The van der Waals surface area contributed by atoms with Gasteiger partial charge in [-0.15, -0.1) is 12.4 Å². The minimum atomic E-state index is 0. The summed E-state index contributed by atoms with van der Waals surface area (Å²) >= 11 is 6.24. The lowest BCUT2D eigenvalue weighted by atomic mass is 10.1. The van der Waals surface area contributed by atoms with Crippen molar-refractivity contribution in [1.82, 2.24) is 15.1 Å². The molecular weight excluding hydrogens is 357 g/mol. The second-order valence-corrected chi connectivity index (χ2v) is 7.31. The summed E-state index contributed by atoms with van der Waals surface area (Å²) in [5, 5.41) is 4.07. The fraction of sp³-hybridized carbons (Fsp3) is 0.632. The topological polar surface area (TPSA) is 35.6 Å². The number of carbonyl (C=O) groups is 1. The number of benzene rings is 1. The molecule has 2 fully saturated rings. The van der Waals surface area contributed by atoms with Gasteiger partial charge in [0, 0.05) is 30.7 Å². The van der Waals surface area contributed by atoms with Crippen LogP contribution in [0.1, 0.15) is 31.2 Å². The molecule has 0 saturated carbocycles. The molecule has 0 aliphatic carbocycles. The maximum absolute atomic E-state index is 12.9. The quantitative estimate of drug-likeness (QED) is 0.817. The van der Waals surface area contributed by atoms with Gasteiger partial charge in [-0.25, -0.2) is 0 Å². The molecule has 0 spiro atoms. The predicted octanol–water partition coefficient (Wildman–Crippen LogP) is 2.98. The smallest absolute Gasteiger partial charge is 0.227 e. The van der Waals surface area contributed by atoms with E-state index in [1.54, 1.807) is 0 Å². The molecule has 0 aromatic heterocycles. The Morgan fingerprint density at radius 2 is 2.00 bits per heavy atom. The lowest BCUT2D eigenvalue weighted by Crippen LogP contribution is -2.47. The first-order chi connectivity index (χ1) is 11.7. The van der Waals surface area contributed by atoms with Crippen molar-refractivity contribution in [3.05, 3.63) is 34.9 Å². The van der Waals surface area contributed by atoms with Crippen LogP contribution in [0.5, 0.6) is 0 Å². The molecule has 1 N–H and O–H groups in total. The first kappa shape index (κ1) is 20.5. The first-order valence-electron chi connectivity index (χ1n) is 9.20. The highest BCUT2D eigenvalue weighted by Gasteiger charge is 2.27. The summed E-state index contributed by atoms with van der Waals surface area (Å²) in [6.07, 6.45) is 5.37. The van der Waals surface area contributed by atoms with Crippen LogP contribution in [0.15, 0.2) is 24.3 Å². The van der Waals surface area contributed by atoms with E-state index in [2.05, 4.69) is 15.1 Å². The molecule has 0 bridgehead atoms. The summed E-state index contributed by atoms with van der Waals surface area (Å²) in [4.78, 5) is 17.5. The predicted molar refractivity (Wildman–Crippen MR) is 106 cm³/mol. The van der Waals surface area contributed by atoms with Gasteiger partial charge in [0.2, 0.25) is 5.91 Å². The zero-order valence-electron chi connectivity index (χ0n) is 14.8. The molecule has 1 amide bonds. The van der Waals surface area contributed by atoms with Gasteiger partial charge in [0.25, 0.3) is 0 Å². The van der Waals surface area contributed by atoms with E-state index in [0.717, 1.165) is 38.2 Å². The first-order valence-corrected chi connectivity index (χ1v) is 9.58. The number of amides is 1. The van der Waals surface area contributed by atoms with E-state index in [9.17, 15) is 4.79 Å². The number of piperidine rings is 1. The van der Waals surface area contributed by atoms with Crippen molar-refractivity contribution in [2.75, 3.05) is 39.3 Å². The number of hydrogen-bond acceptors (Lipinski definition) is 3. The summed E-state index contributed by atoms with van der Waals surface area (Å²) in [6, 6.07) is 7.99. The number of nitrogens with zero attached hydrogens (tertiary/aromatic N) is 2. The minimum Gasteiger partial charge on any atom is -0.337 e. The molecule has 2 aliphatic rings. The Kier molecular flexibility index (Phi) is 8.50. The summed E-state index contributed by atoms with van der Waals surface area (Å²) in [7, 11) is 0. The van der Waals surface area contributed by atoms with Crippen molar-refractivity contribution < 1.29 is 4.79 Å². The van der Waals surface area contributed by atoms with Crippen LogP contribution < -0.4 is 5.32 Å². The summed E-state index contributed by atoms with van der Waals surface area (Å²) < 4.78 is 0. The van der Waals surface area contributed by atoms with Gasteiger partial charge in [-0.3, -0.25) is 4.79 Å². The van der Waals surface area contributed by atoms with Gasteiger partial charge in [-0.2, -0.15) is 0 Å². The molecule has 3 rings (SSSR count). The maximum atomic E-state index is 12.9. The average Bonchev–Trinajstić information content (AvgIpc) is 3.12. The Labute approximate surface area is 162 Å². The Balaban J connectivity index is 0.00000225. The molecule has 2 heterocycles. The second-order valence-electron chi connectivity index (χ2n) is 6.90. The number of hydrogen-bond donors (Lipinski definition) is 1. The Morgan fingerprint density at radius 1 is 1.24 bits per heavy atom. The molecule has 1 aromatic carbocycles. The van der Waals surface area contributed by atoms with Crippen molar-refractivity contribution in [2.45, 2.75) is 38.1 Å². The van der Waals surface area contributed by atoms with Crippen LogP contribution in [0, 0.1) is 0 Å². The van der Waals surface area contributed by atoms with Crippen LogP contribution in [-0.4, -0.2) is 61.0 Å². The van der Waals surface area contributed by atoms with Crippen LogP contribution in [0.3, 0.4) is 0 Å². The number of nitrogens with one attached hydrogen (secondary N) is 1. The third-order valence-electron chi connectivity index (χ3n) is 5.20. The molecule has 6 heteroatoms. The third kappa shape index (κ3) is 5.85. The lowest BCUT2D eigenvalue weighted by Gasteiger charge is -2.33. The van der Waals surface area contributed by atoms with Crippen molar-refractivity contribution in [1.29, 1.82) is 0 Å². The van der Waals surface area contributed by atoms with Gasteiger partial charge in [0.15, 0.2) is 0 Å². The second kappa shape index (κ2) is 10.4. The van der Waals surface area contributed by atoms with Gasteiger partial charge < -0.3 is 15.1 Å². The Bertz CT molecular complexity index is 543. The van der Waals surface area contributed by atoms with E-state index in [4.69, 9.17) is 11.6 Å². The molecule has 25 heavy (non-hydrogen) atoms. The highest BCUT2D eigenvalue weighted by molar-refractivity contribution is 6.31. The third-order valence-corrected chi connectivity index (χ3v) is 5.57. The maximum Gasteiger partial charge on any atom is 0.227 e. The molecule has 1 unspecified atom stereocenters. The van der Waals surface area contributed by atoms with E-state index in [0.29, 0.717) is 17.5 Å². The minimum absolute atomic E-state index is 0. The van der Waals surface area contributed by atoms with Crippen molar-refractivity contribution in [2.24, 2.45) is 0 Å². The van der Waals surface area contributed by atoms with Gasteiger partial charge in [0.1, 0.15) is 0 Å². The lowest BCUT2D eigenvalue weighted by molar-refractivity contribution is -0.132.